The van der Waals surface area contributed by atoms with E-state index in [0.717, 1.165) is 31.9 Å². The number of rotatable bonds is 3. The summed E-state index contributed by atoms with van der Waals surface area (Å²) in [6, 6.07) is 11.3. The molecule has 4 nitrogen and oxygen atoms in total. The Morgan fingerprint density at radius 3 is 2.45 bits per heavy atom. The standard InChI is InChI=1S/C18H19NO3/c1-14-12-17(20)13-18(22-14)7-4-15-2-5-16(6-3-15)19-8-10-21-11-9-19/h2-7,12-13H,8-11H2,1H3. The topological polar surface area (TPSA) is 42.7 Å². The molecule has 4 heteroatoms. The lowest BCUT2D eigenvalue weighted by Gasteiger charge is -2.28. The molecule has 2 aromatic rings. The summed E-state index contributed by atoms with van der Waals surface area (Å²) in [7, 11) is 0. The van der Waals surface area contributed by atoms with Crippen LogP contribution in [0.3, 0.4) is 0 Å². The Morgan fingerprint density at radius 2 is 1.77 bits per heavy atom. The van der Waals surface area contributed by atoms with E-state index in [1.807, 2.05) is 12.2 Å². The van der Waals surface area contributed by atoms with Crippen LogP contribution < -0.4 is 10.3 Å². The van der Waals surface area contributed by atoms with Gasteiger partial charge >= 0.3 is 0 Å². The summed E-state index contributed by atoms with van der Waals surface area (Å²) < 4.78 is 10.9. The number of anilines is 1. The molecule has 3 rings (SSSR count). The monoisotopic (exact) mass is 297 g/mol. The molecule has 0 radical (unpaired) electrons. The third-order valence-electron chi connectivity index (χ3n) is 3.62. The molecular formula is C18H19NO3. The van der Waals surface area contributed by atoms with Gasteiger partial charge in [0.05, 0.1) is 13.2 Å². The van der Waals surface area contributed by atoms with Crippen LogP contribution in [-0.2, 0) is 4.74 Å². The van der Waals surface area contributed by atoms with Crippen LogP contribution in [0.2, 0.25) is 0 Å². The number of benzene rings is 1. The first kappa shape index (κ1) is 14.6. The predicted molar refractivity (Wildman–Crippen MR) is 88.1 cm³/mol. The Kier molecular flexibility index (Phi) is 4.39. The highest BCUT2D eigenvalue weighted by Crippen LogP contribution is 2.18. The molecule has 0 spiro atoms. The first-order chi connectivity index (χ1) is 10.7. The Balaban J connectivity index is 1.72. The van der Waals surface area contributed by atoms with Gasteiger partial charge in [0.25, 0.3) is 0 Å². The summed E-state index contributed by atoms with van der Waals surface area (Å²) in [5.74, 6) is 1.19. The van der Waals surface area contributed by atoms with Gasteiger partial charge in [-0.2, -0.15) is 0 Å². The highest BCUT2D eigenvalue weighted by Gasteiger charge is 2.10. The lowest BCUT2D eigenvalue weighted by molar-refractivity contribution is 0.122. The second-order valence-corrected chi connectivity index (χ2v) is 5.33. The van der Waals surface area contributed by atoms with Crippen molar-refractivity contribution in [2.75, 3.05) is 31.2 Å². The molecule has 1 aliphatic rings. The van der Waals surface area contributed by atoms with E-state index in [1.165, 1.54) is 17.8 Å². The molecule has 0 amide bonds. The smallest absolute Gasteiger partial charge is 0.185 e. The van der Waals surface area contributed by atoms with E-state index in [2.05, 4.69) is 29.2 Å². The summed E-state index contributed by atoms with van der Waals surface area (Å²) in [6.45, 7) is 5.21. The second-order valence-electron chi connectivity index (χ2n) is 5.33. The van der Waals surface area contributed by atoms with Crippen molar-refractivity contribution in [1.29, 1.82) is 0 Å². The highest BCUT2D eigenvalue weighted by molar-refractivity contribution is 5.68. The Morgan fingerprint density at radius 1 is 1.05 bits per heavy atom. The zero-order chi connectivity index (χ0) is 15.4. The number of morpholine rings is 1. The van der Waals surface area contributed by atoms with E-state index in [4.69, 9.17) is 9.15 Å². The van der Waals surface area contributed by atoms with E-state index in [9.17, 15) is 4.79 Å². The minimum absolute atomic E-state index is 0.0361. The van der Waals surface area contributed by atoms with Crippen LogP contribution in [0.4, 0.5) is 5.69 Å². The molecule has 0 aliphatic carbocycles. The summed E-state index contributed by atoms with van der Waals surface area (Å²) in [4.78, 5) is 13.7. The molecule has 22 heavy (non-hydrogen) atoms. The van der Waals surface area contributed by atoms with E-state index < -0.39 is 0 Å². The molecule has 0 saturated carbocycles. The van der Waals surface area contributed by atoms with E-state index in [1.54, 1.807) is 6.92 Å². The summed E-state index contributed by atoms with van der Waals surface area (Å²) >= 11 is 0. The first-order valence-electron chi connectivity index (χ1n) is 7.43. The van der Waals surface area contributed by atoms with Crippen LogP contribution in [0.15, 0.2) is 45.6 Å². The van der Waals surface area contributed by atoms with Gasteiger partial charge in [-0.25, -0.2) is 0 Å². The van der Waals surface area contributed by atoms with Gasteiger partial charge in [-0.05, 0) is 30.7 Å². The normalized spacial score (nSPS) is 15.4. The minimum atomic E-state index is -0.0361. The number of nitrogens with zero attached hydrogens (tertiary/aromatic N) is 1. The fourth-order valence-corrected chi connectivity index (χ4v) is 2.51. The molecule has 1 aromatic carbocycles. The van der Waals surface area contributed by atoms with E-state index in [0.29, 0.717) is 11.5 Å². The van der Waals surface area contributed by atoms with Crippen LogP contribution in [0, 0.1) is 6.92 Å². The molecule has 1 fully saturated rings. The third-order valence-corrected chi connectivity index (χ3v) is 3.62. The third kappa shape index (κ3) is 3.65. The molecule has 1 aromatic heterocycles. The maximum Gasteiger partial charge on any atom is 0.185 e. The van der Waals surface area contributed by atoms with Crippen LogP contribution in [0.5, 0.6) is 0 Å². The fraction of sp³-hybridized carbons (Fsp3) is 0.278. The van der Waals surface area contributed by atoms with Crippen molar-refractivity contribution in [3.63, 3.8) is 0 Å². The molecule has 2 heterocycles. The van der Waals surface area contributed by atoms with Crippen LogP contribution in [0.25, 0.3) is 12.2 Å². The molecule has 0 N–H and O–H groups in total. The van der Waals surface area contributed by atoms with Gasteiger partial charge in [-0.1, -0.05) is 18.2 Å². The van der Waals surface area contributed by atoms with Crippen molar-refractivity contribution in [3.05, 3.63) is 63.7 Å². The Bertz CT molecular complexity index is 710. The maximum atomic E-state index is 11.4. The zero-order valence-corrected chi connectivity index (χ0v) is 12.6. The van der Waals surface area contributed by atoms with Crippen LogP contribution in [-0.4, -0.2) is 26.3 Å². The highest BCUT2D eigenvalue weighted by atomic mass is 16.5. The summed E-state index contributed by atoms with van der Waals surface area (Å²) in [5, 5.41) is 0. The summed E-state index contributed by atoms with van der Waals surface area (Å²) in [5.41, 5.74) is 2.25. The Hall–Kier alpha value is -2.33. The van der Waals surface area contributed by atoms with Gasteiger partial charge in [-0.15, -0.1) is 0 Å². The summed E-state index contributed by atoms with van der Waals surface area (Å²) in [6.07, 6.45) is 3.76. The Labute approximate surface area is 129 Å². The molecular weight excluding hydrogens is 278 g/mol. The molecule has 0 atom stereocenters. The number of hydrogen-bond acceptors (Lipinski definition) is 4. The predicted octanol–water partition coefficient (Wildman–Crippen LogP) is 2.96. The quantitative estimate of drug-likeness (QED) is 0.873. The number of hydrogen-bond donors (Lipinski definition) is 0. The SMILES string of the molecule is Cc1cc(=O)cc(C=Cc2ccc(N3CCOCC3)cc2)o1. The number of ether oxygens (including phenoxy) is 1. The molecule has 114 valence electrons. The van der Waals surface area contributed by atoms with Crippen molar-refractivity contribution >= 4 is 17.8 Å². The van der Waals surface area contributed by atoms with Gasteiger partial charge in [-0.3, -0.25) is 4.79 Å². The van der Waals surface area contributed by atoms with Gasteiger partial charge in [0.1, 0.15) is 11.5 Å². The molecule has 1 saturated heterocycles. The largest absolute Gasteiger partial charge is 0.462 e. The average molecular weight is 297 g/mol. The van der Waals surface area contributed by atoms with Gasteiger partial charge in [0, 0.05) is 30.9 Å². The molecule has 1 aliphatic heterocycles. The second kappa shape index (κ2) is 6.62. The first-order valence-corrected chi connectivity index (χ1v) is 7.43. The van der Waals surface area contributed by atoms with Crippen molar-refractivity contribution < 1.29 is 9.15 Å². The van der Waals surface area contributed by atoms with E-state index >= 15 is 0 Å². The van der Waals surface area contributed by atoms with Gasteiger partial charge in [0.2, 0.25) is 0 Å². The molecule has 0 unspecified atom stereocenters. The lowest BCUT2D eigenvalue weighted by atomic mass is 10.1. The number of aryl methyl sites for hydroxylation is 1. The van der Waals surface area contributed by atoms with Gasteiger partial charge in [0.15, 0.2) is 5.43 Å². The van der Waals surface area contributed by atoms with Crippen molar-refractivity contribution in [1.82, 2.24) is 0 Å². The van der Waals surface area contributed by atoms with Gasteiger partial charge < -0.3 is 14.1 Å². The van der Waals surface area contributed by atoms with E-state index in [-0.39, 0.29) is 5.43 Å². The zero-order valence-electron chi connectivity index (χ0n) is 12.6. The minimum Gasteiger partial charge on any atom is -0.462 e. The fourth-order valence-electron chi connectivity index (χ4n) is 2.51. The molecule has 0 bridgehead atoms. The van der Waals surface area contributed by atoms with Crippen LogP contribution >= 0.6 is 0 Å². The van der Waals surface area contributed by atoms with Crippen LogP contribution in [0.1, 0.15) is 17.1 Å². The van der Waals surface area contributed by atoms with Crippen molar-refractivity contribution in [3.8, 4) is 0 Å². The lowest BCUT2D eigenvalue weighted by Crippen LogP contribution is -2.36. The van der Waals surface area contributed by atoms with Crippen molar-refractivity contribution in [2.24, 2.45) is 0 Å². The van der Waals surface area contributed by atoms with Crippen molar-refractivity contribution in [2.45, 2.75) is 6.92 Å². The average Bonchev–Trinajstić information content (AvgIpc) is 2.53. The maximum absolute atomic E-state index is 11.4.